The van der Waals surface area contributed by atoms with Gasteiger partial charge in [0.15, 0.2) is 0 Å². The Bertz CT molecular complexity index is 960. The number of imidazole rings is 1. The molecule has 2 aromatic heterocycles. The number of carbonyl (C=O) groups is 1. The molecule has 1 saturated heterocycles. The van der Waals surface area contributed by atoms with Gasteiger partial charge in [-0.2, -0.15) is 0 Å². The third-order valence-corrected chi connectivity index (χ3v) is 6.57. The van der Waals surface area contributed by atoms with Gasteiger partial charge in [0, 0.05) is 19.0 Å². The summed E-state index contributed by atoms with van der Waals surface area (Å²) in [4.78, 5) is 20.1. The number of likely N-dealkylation sites (tertiary alicyclic amines) is 1. The smallest absolute Gasteiger partial charge is 0.245 e. The molecule has 8 heteroatoms. The molecule has 0 bridgehead atoms. The maximum Gasteiger partial charge on any atom is 0.245 e. The van der Waals surface area contributed by atoms with E-state index in [0.29, 0.717) is 19.0 Å². The number of benzene rings is 1. The number of amides is 1. The number of nitrogens with one attached hydrogen (secondary N) is 1. The average Bonchev–Trinajstić information content (AvgIpc) is 3.44. The topological polar surface area (TPSA) is 62.5 Å². The van der Waals surface area contributed by atoms with Crippen molar-refractivity contribution in [3.05, 3.63) is 47.5 Å². The van der Waals surface area contributed by atoms with Crippen LogP contribution in [0.3, 0.4) is 0 Å². The predicted molar refractivity (Wildman–Crippen MR) is 106 cm³/mol. The van der Waals surface area contributed by atoms with Gasteiger partial charge in [0.2, 0.25) is 16.0 Å². The van der Waals surface area contributed by atoms with Gasteiger partial charge in [-0.05, 0) is 37.0 Å². The normalized spacial score (nSPS) is 20.5. The molecule has 5 rings (SSSR count). The predicted octanol–water partition coefficient (Wildman–Crippen LogP) is 3.80. The van der Waals surface area contributed by atoms with Crippen molar-refractivity contribution in [3.8, 4) is 0 Å². The lowest BCUT2D eigenvalue weighted by Crippen LogP contribution is -2.33. The molecule has 3 heterocycles. The summed E-state index contributed by atoms with van der Waals surface area (Å²) in [6, 6.07) is 6.03. The van der Waals surface area contributed by atoms with Gasteiger partial charge in [0.25, 0.3) is 0 Å². The molecule has 146 valence electrons. The number of anilines is 1. The SMILES string of the molecule is O=C1C(Nc2nn3cc(C4CCCC4)nc3s2)CCN1Cc1ccc(F)cc1. The zero-order valence-corrected chi connectivity index (χ0v) is 16.3. The van der Waals surface area contributed by atoms with Crippen LogP contribution in [-0.2, 0) is 11.3 Å². The maximum atomic E-state index is 13.1. The highest BCUT2D eigenvalue weighted by molar-refractivity contribution is 7.20. The minimum absolute atomic E-state index is 0.0591. The fourth-order valence-electron chi connectivity index (χ4n) is 4.18. The van der Waals surface area contributed by atoms with Crippen LogP contribution in [0.1, 0.15) is 49.3 Å². The van der Waals surface area contributed by atoms with E-state index in [2.05, 4.69) is 10.4 Å². The largest absolute Gasteiger partial charge is 0.348 e. The fourth-order valence-corrected chi connectivity index (χ4v) is 5.02. The first-order chi connectivity index (χ1) is 13.7. The van der Waals surface area contributed by atoms with Gasteiger partial charge in [-0.1, -0.05) is 36.3 Å². The van der Waals surface area contributed by atoms with Gasteiger partial charge in [0.1, 0.15) is 11.9 Å². The Morgan fingerprint density at radius 3 is 2.71 bits per heavy atom. The highest BCUT2D eigenvalue weighted by atomic mass is 32.1. The summed E-state index contributed by atoms with van der Waals surface area (Å²) in [6.45, 7) is 1.19. The molecule has 6 nitrogen and oxygen atoms in total. The molecule has 0 radical (unpaired) electrons. The van der Waals surface area contributed by atoms with Crippen molar-refractivity contribution in [1.29, 1.82) is 0 Å². The standard InChI is InChI=1S/C20H22FN5OS/c21-15-7-5-13(6-8-15)11-25-10-9-16(18(25)27)22-19-24-26-12-17(23-20(26)28-19)14-3-1-2-4-14/h5-8,12,14,16H,1-4,9-11H2,(H,22,24). The molecule has 1 atom stereocenters. The van der Waals surface area contributed by atoms with E-state index in [-0.39, 0.29) is 17.8 Å². The third-order valence-electron chi connectivity index (χ3n) is 5.72. The van der Waals surface area contributed by atoms with E-state index in [4.69, 9.17) is 4.98 Å². The fraction of sp³-hybridized carbons (Fsp3) is 0.450. The van der Waals surface area contributed by atoms with Gasteiger partial charge in [-0.15, -0.1) is 5.10 Å². The van der Waals surface area contributed by atoms with Gasteiger partial charge < -0.3 is 10.2 Å². The van der Waals surface area contributed by atoms with Crippen molar-refractivity contribution >= 4 is 27.3 Å². The molecule has 1 aliphatic carbocycles. The Hall–Kier alpha value is -2.48. The van der Waals surface area contributed by atoms with E-state index < -0.39 is 0 Å². The second-order valence-corrected chi connectivity index (χ2v) is 8.61. The van der Waals surface area contributed by atoms with Gasteiger partial charge in [-0.3, -0.25) is 4.79 Å². The van der Waals surface area contributed by atoms with Crippen LogP contribution in [0.2, 0.25) is 0 Å². The van der Waals surface area contributed by atoms with Crippen LogP contribution in [0, 0.1) is 5.82 Å². The lowest BCUT2D eigenvalue weighted by Gasteiger charge is -2.17. The van der Waals surface area contributed by atoms with Crippen molar-refractivity contribution in [2.24, 2.45) is 0 Å². The summed E-state index contributed by atoms with van der Waals surface area (Å²) in [7, 11) is 0. The molecule has 0 spiro atoms. The Morgan fingerprint density at radius 1 is 1.18 bits per heavy atom. The third kappa shape index (κ3) is 3.37. The van der Waals surface area contributed by atoms with Crippen molar-refractivity contribution < 1.29 is 9.18 Å². The first-order valence-electron chi connectivity index (χ1n) is 9.81. The highest BCUT2D eigenvalue weighted by Gasteiger charge is 2.32. The van der Waals surface area contributed by atoms with Crippen LogP contribution in [0.5, 0.6) is 0 Å². The molecule has 1 saturated carbocycles. The molecule has 1 amide bonds. The Morgan fingerprint density at radius 2 is 1.96 bits per heavy atom. The molecule has 28 heavy (non-hydrogen) atoms. The first-order valence-corrected chi connectivity index (χ1v) is 10.6. The van der Waals surface area contributed by atoms with Crippen LogP contribution in [0.4, 0.5) is 9.52 Å². The summed E-state index contributed by atoms with van der Waals surface area (Å²) in [6.07, 6.45) is 7.77. The number of hydrogen-bond donors (Lipinski definition) is 1. The number of fused-ring (bicyclic) bond motifs is 1. The van der Waals surface area contributed by atoms with Crippen LogP contribution in [0.25, 0.3) is 4.96 Å². The number of halogens is 1. The van der Waals surface area contributed by atoms with E-state index in [9.17, 15) is 9.18 Å². The molecular formula is C20H22FN5OS. The zero-order valence-electron chi connectivity index (χ0n) is 15.5. The van der Waals surface area contributed by atoms with Crippen LogP contribution in [-0.4, -0.2) is 38.0 Å². The van der Waals surface area contributed by atoms with E-state index >= 15 is 0 Å². The molecular weight excluding hydrogens is 377 g/mol. The summed E-state index contributed by atoms with van der Waals surface area (Å²) in [5.74, 6) is 0.367. The summed E-state index contributed by atoms with van der Waals surface area (Å²) < 4.78 is 14.9. The molecule has 2 fully saturated rings. The molecule has 2 aliphatic rings. The number of rotatable bonds is 5. The van der Waals surface area contributed by atoms with Crippen LogP contribution < -0.4 is 5.32 Å². The van der Waals surface area contributed by atoms with E-state index in [1.54, 1.807) is 12.1 Å². The van der Waals surface area contributed by atoms with Crippen molar-refractivity contribution in [1.82, 2.24) is 19.5 Å². The van der Waals surface area contributed by atoms with Gasteiger partial charge in [0.05, 0.1) is 11.9 Å². The molecule has 1 aliphatic heterocycles. The van der Waals surface area contributed by atoms with E-state index in [1.807, 2.05) is 15.6 Å². The minimum Gasteiger partial charge on any atom is -0.348 e. The second kappa shape index (κ2) is 7.16. The summed E-state index contributed by atoms with van der Waals surface area (Å²) in [5.41, 5.74) is 2.08. The quantitative estimate of drug-likeness (QED) is 0.709. The number of carbonyl (C=O) groups excluding carboxylic acids is 1. The number of nitrogens with zero attached hydrogens (tertiary/aromatic N) is 4. The highest BCUT2D eigenvalue weighted by Crippen LogP contribution is 2.34. The lowest BCUT2D eigenvalue weighted by molar-refractivity contribution is -0.128. The first kappa shape index (κ1) is 17.6. The van der Waals surface area contributed by atoms with Gasteiger partial charge >= 0.3 is 0 Å². The zero-order chi connectivity index (χ0) is 19.1. The Kier molecular flexibility index (Phi) is 4.50. The molecule has 3 aromatic rings. The molecule has 1 aromatic carbocycles. The molecule has 1 unspecified atom stereocenters. The van der Waals surface area contributed by atoms with E-state index in [0.717, 1.165) is 27.8 Å². The number of hydrogen-bond acceptors (Lipinski definition) is 5. The number of aromatic nitrogens is 3. The van der Waals surface area contributed by atoms with Crippen LogP contribution in [0.15, 0.2) is 30.5 Å². The van der Waals surface area contributed by atoms with Gasteiger partial charge in [-0.25, -0.2) is 13.9 Å². The minimum atomic E-state index is -0.273. The second-order valence-electron chi connectivity index (χ2n) is 7.65. The van der Waals surface area contributed by atoms with Crippen molar-refractivity contribution in [2.45, 2.75) is 50.6 Å². The Balaban J connectivity index is 1.24. The maximum absolute atomic E-state index is 13.1. The van der Waals surface area contributed by atoms with E-state index in [1.165, 1.54) is 49.2 Å². The summed E-state index contributed by atoms with van der Waals surface area (Å²) >= 11 is 1.49. The monoisotopic (exact) mass is 399 g/mol. The lowest BCUT2D eigenvalue weighted by atomic mass is 10.1. The van der Waals surface area contributed by atoms with Crippen LogP contribution >= 0.6 is 11.3 Å². The van der Waals surface area contributed by atoms with Crippen molar-refractivity contribution in [2.75, 3.05) is 11.9 Å². The molecule has 1 N–H and O–H groups in total. The Labute approximate surface area is 166 Å². The summed E-state index contributed by atoms with van der Waals surface area (Å²) in [5, 5.41) is 8.57. The average molecular weight is 399 g/mol. The van der Waals surface area contributed by atoms with Crippen molar-refractivity contribution in [3.63, 3.8) is 0 Å².